The standard InChI is InChI=1S/C7H13NOS/c1-3-6-4-8(5-6)7(9)10-2/h6H,3-5H2,1-2H3. The van der Waals surface area contributed by atoms with Crippen molar-refractivity contribution in [1.29, 1.82) is 0 Å². The zero-order valence-electron chi connectivity index (χ0n) is 6.46. The van der Waals surface area contributed by atoms with Gasteiger partial charge in [0.2, 0.25) is 0 Å². The van der Waals surface area contributed by atoms with E-state index in [1.807, 2.05) is 11.2 Å². The molecule has 0 aliphatic carbocycles. The minimum atomic E-state index is 0.227. The molecule has 10 heavy (non-hydrogen) atoms. The molecule has 1 rings (SSSR count). The van der Waals surface area contributed by atoms with Crippen molar-refractivity contribution in [3.8, 4) is 0 Å². The second-order valence-electron chi connectivity index (χ2n) is 2.65. The second kappa shape index (κ2) is 3.28. The molecule has 58 valence electrons. The van der Waals surface area contributed by atoms with E-state index in [1.165, 1.54) is 18.2 Å². The topological polar surface area (TPSA) is 20.3 Å². The number of rotatable bonds is 1. The molecule has 0 bridgehead atoms. The average molecular weight is 159 g/mol. The van der Waals surface area contributed by atoms with E-state index < -0.39 is 0 Å². The van der Waals surface area contributed by atoms with Crippen molar-refractivity contribution in [2.75, 3.05) is 19.3 Å². The van der Waals surface area contributed by atoms with Crippen LogP contribution in [0.5, 0.6) is 0 Å². The van der Waals surface area contributed by atoms with Crippen LogP contribution in [-0.2, 0) is 0 Å². The van der Waals surface area contributed by atoms with Crippen LogP contribution in [0.1, 0.15) is 13.3 Å². The van der Waals surface area contributed by atoms with Crippen LogP contribution < -0.4 is 0 Å². The van der Waals surface area contributed by atoms with E-state index in [4.69, 9.17) is 0 Å². The smallest absolute Gasteiger partial charge is 0.281 e. The molecule has 1 fully saturated rings. The van der Waals surface area contributed by atoms with Crippen molar-refractivity contribution in [3.63, 3.8) is 0 Å². The Morgan fingerprint density at radius 1 is 1.70 bits per heavy atom. The van der Waals surface area contributed by atoms with Crippen molar-refractivity contribution < 1.29 is 4.79 Å². The van der Waals surface area contributed by atoms with Crippen molar-refractivity contribution >= 4 is 17.0 Å². The van der Waals surface area contributed by atoms with Gasteiger partial charge in [0, 0.05) is 13.1 Å². The summed E-state index contributed by atoms with van der Waals surface area (Å²) in [5.41, 5.74) is 0. The Morgan fingerprint density at radius 2 is 2.30 bits per heavy atom. The first-order chi connectivity index (χ1) is 4.77. The van der Waals surface area contributed by atoms with E-state index in [0.29, 0.717) is 0 Å². The molecule has 0 aromatic rings. The predicted molar refractivity (Wildman–Crippen MR) is 44.3 cm³/mol. The maximum atomic E-state index is 10.9. The number of hydrogen-bond acceptors (Lipinski definition) is 2. The van der Waals surface area contributed by atoms with Gasteiger partial charge in [0.05, 0.1) is 0 Å². The molecule has 0 aromatic carbocycles. The van der Waals surface area contributed by atoms with Crippen LogP contribution in [0.4, 0.5) is 4.79 Å². The molecular formula is C7H13NOS. The van der Waals surface area contributed by atoms with Gasteiger partial charge >= 0.3 is 0 Å². The van der Waals surface area contributed by atoms with E-state index in [0.717, 1.165) is 19.0 Å². The maximum Gasteiger partial charge on any atom is 0.281 e. The minimum Gasteiger partial charge on any atom is -0.333 e. The third-order valence-corrected chi connectivity index (χ3v) is 2.57. The van der Waals surface area contributed by atoms with Gasteiger partial charge < -0.3 is 4.90 Å². The monoisotopic (exact) mass is 159 g/mol. The Bertz CT molecular complexity index is 132. The SMILES string of the molecule is CCC1CN(C(=O)SC)C1. The third kappa shape index (κ3) is 1.45. The van der Waals surface area contributed by atoms with Gasteiger partial charge in [0.25, 0.3) is 5.24 Å². The number of nitrogens with zero attached hydrogens (tertiary/aromatic N) is 1. The fourth-order valence-electron chi connectivity index (χ4n) is 1.11. The van der Waals surface area contributed by atoms with Crippen LogP contribution in [0.25, 0.3) is 0 Å². The quantitative estimate of drug-likeness (QED) is 0.581. The first kappa shape index (κ1) is 7.92. The van der Waals surface area contributed by atoms with E-state index in [2.05, 4.69) is 6.92 Å². The lowest BCUT2D eigenvalue weighted by molar-refractivity contribution is 0.138. The second-order valence-corrected chi connectivity index (χ2v) is 3.41. The number of likely N-dealkylation sites (tertiary alicyclic amines) is 1. The summed E-state index contributed by atoms with van der Waals surface area (Å²) >= 11 is 1.31. The highest BCUT2D eigenvalue weighted by Crippen LogP contribution is 2.21. The summed E-state index contributed by atoms with van der Waals surface area (Å²) in [6.07, 6.45) is 3.04. The fourth-order valence-corrected chi connectivity index (χ4v) is 1.51. The van der Waals surface area contributed by atoms with Crippen molar-refractivity contribution in [2.45, 2.75) is 13.3 Å². The molecule has 0 unspecified atom stereocenters. The van der Waals surface area contributed by atoms with E-state index >= 15 is 0 Å². The van der Waals surface area contributed by atoms with Gasteiger partial charge in [-0.25, -0.2) is 0 Å². The van der Waals surface area contributed by atoms with Crippen LogP contribution in [-0.4, -0.2) is 29.5 Å². The molecule has 1 heterocycles. The zero-order valence-corrected chi connectivity index (χ0v) is 7.28. The molecule has 0 N–H and O–H groups in total. The van der Waals surface area contributed by atoms with Crippen LogP contribution in [0.3, 0.4) is 0 Å². The summed E-state index contributed by atoms with van der Waals surface area (Å²) in [6.45, 7) is 4.14. The normalized spacial score (nSPS) is 18.8. The van der Waals surface area contributed by atoms with Gasteiger partial charge in [-0.15, -0.1) is 0 Å². The summed E-state index contributed by atoms with van der Waals surface area (Å²) < 4.78 is 0. The van der Waals surface area contributed by atoms with Gasteiger partial charge in [-0.1, -0.05) is 18.7 Å². The number of amides is 1. The number of carbonyl (C=O) groups is 1. The molecule has 1 aliphatic rings. The molecule has 0 spiro atoms. The van der Waals surface area contributed by atoms with Crippen LogP contribution in [0, 0.1) is 5.92 Å². The van der Waals surface area contributed by atoms with Gasteiger partial charge in [-0.2, -0.15) is 0 Å². The van der Waals surface area contributed by atoms with Crippen LogP contribution >= 0.6 is 11.8 Å². The van der Waals surface area contributed by atoms with Gasteiger partial charge in [0.15, 0.2) is 0 Å². The fraction of sp³-hybridized carbons (Fsp3) is 0.857. The first-order valence-electron chi connectivity index (χ1n) is 3.60. The van der Waals surface area contributed by atoms with Crippen molar-refractivity contribution in [1.82, 2.24) is 4.90 Å². The summed E-state index contributed by atoms with van der Waals surface area (Å²) in [5.74, 6) is 0.774. The third-order valence-electron chi connectivity index (χ3n) is 1.97. The molecule has 0 radical (unpaired) electrons. The molecule has 0 aromatic heterocycles. The van der Waals surface area contributed by atoms with E-state index in [-0.39, 0.29) is 5.24 Å². The van der Waals surface area contributed by atoms with Crippen LogP contribution in [0.15, 0.2) is 0 Å². The summed E-state index contributed by atoms with van der Waals surface area (Å²) in [6, 6.07) is 0. The maximum absolute atomic E-state index is 10.9. The number of hydrogen-bond donors (Lipinski definition) is 0. The summed E-state index contributed by atoms with van der Waals surface area (Å²) in [7, 11) is 0. The molecule has 0 saturated carbocycles. The van der Waals surface area contributed by atoms with E-state index in [1.54, 1.807) is 0 Å². The lowest BCUT2D eigenvalue weighted by atomic mass is 9.99. The Balaban J connectivity index is 2.19. The molecule has 1 aliphatic heterocycles. The first-order valence-corrected chi connectivity index (χ1v) is 4.83. The van der Waals surface area contributed by atoms with Crippen LogP contribution in [0.2, 0.25) is 0 Å². The molecule has 1 amide bonds. The zero-order chi connectivity index (χ0) is 7.56. The van der Waals surface area contributed by atoms with E-state index in [9.17, 15) is 4.79 Å². The Kier molecular flexibility index (Phi) is 2.60. The molecule has 1 saturated heterocycles. The number of carbonyl (C=O) groups excluding carboxylic acids is 1. The molecule has 2 nitrogen and oxygen atoms in total. The minimum absolute atomic E-state index is 0.227. The predicted octanol–water partition coefficient (Wildman–Crippen LogP) is 1.81. The summed E-state index contributed by atoms with van der Waals surface area (Å²) in [4.78, 5) is 12.8. The summed E-state index contributed by atoms with van der Waals surface area (Å²) in [5, 5.41) is 0.227. The Hall–Kier alpha value is -0.180. The van der Waals surface area contributed by atoms with Gasteiger partial charge in [-0.3, -0.25) is 4.79 Å². The number of thioether (sulfide) groups is 1. The molecule has 3 heteroatoms. The molecular weight excluding hydrogens is 146 g/mol. The van der Waals surface area contributed by atoms with Crippen molar-refractivity contribution in [3.05, 3.63) is 0 Å². The average Bonchev–Trinajstić information content (AvgIpc) is 1.85. The van der Waals surface area contributed by atoms with Gasteiger partial charge in [0.1, 0.15) is 0 Å². The van der Waals surface area contributed by atoms with Crippen molar-refractivity contribution in [2.24, 2.45) is 5.92 Å². The highest BCUT2D eigenvalue weighted by atomic mass is 32.2. The lowest BCUT2D eigenvalue weighted by Gasteiger charge is -2.38. The Labute approximate surface area is 66.0 Å². The Morgan fingerprint density at radius 3 is 2.70 bits per heavy atom. The highest BCUT2D eigenvalue weighted by molar-refractivity contribution is 8.12. The van der Waals surface area contributed by atoms with Gasteiger partial charge in [-0.05, 0) is 18.6 Å². The largest absolute Gasteiger partial charge is 0.333 e. The highest BCUT2D eigenvalue weighted by Gasteiger charge is 2.28. The molecule has 0 atom stereocenters. The lowest BCUT2D eigenvalue weighted by Crippen LogP contribution is -2.47.